The number of rotatable bonds is 6. The van der Waals surface area contributed by atoms with Crippen molar-refractivity contribution in [3.05, 3.63) is 0 Å². The fourth-order valence-electron chi connectivity index (χ4n) is 0.939. The van der Waals surface area contributed by atoms with E-state index in [2.05, 4.69) is 29.2 Å². The Bertz CT molecular complexity index is 205. The smallest absolute Gasteiger partial charge is 0.406 e. The van der Waals surface area contributed by atoms with Gasteiger partial charge in [-0.15, -0.1) is 0 Å². The second kappa shape index (κ2) is 8.08. The van der Waals surface area contributed by atoms with Gasteiger partial charge < -0.3 is 15.4 Å². The third kappa shape index (κ3) is 9.05. The molecular weight excluding hydrogens is 196 g/mol. The molecule has 0 rings (SSSR count). The Morgan fingerprint density at radius 3 is 2.40 bits per heavy atom. The van der Waals surface area contributed by atoms with Gasteiger partial charge in [0.1, 0.15) is 0 Å². The largest absolute Gasteiger partial charge is 0.453 e. The molecule has 0 aliphatic rings. The van der Waals surface area contributed by atoms with E-state index >= 15 is 0 Å². The quantitative estimate of drug-likeness (QED) is 0.693. The Labute approximate surface area is 90.6 Å². The van der Waals surface area contributed by atoms with Crippen LogP contribution in [0.5, 0.6) is 0 Å². The van der Waals surface area contributed by atoms with Gasteiger partial charge in [0, 0.05) is 19.5 Å². The van der Waals surface area contributed by atoms with Gasteiger partial charge in [0.05, 0.1) is 7.11 Å². The molecule has 0 aliphatic carbocycles. The topological polar surface area (TPSA) is 67.4 Å². The molecule has 0 fully saturated rings. The molecule has 0 aromatic rings. The van der Waals surface area contributed by atoms with Crippen molar-refractivity contribution in [1.82, 2.24) is 10.6 Å². The number of hydrogen-bond acceptors (Lipinski definition) is 3. The van der Waals surface area contributed by atoms with Crippen molar-refractivity contribution in [3.8, 4) is 0 Å². The highest BCUT2D eigenvalue weighted by Crippen LogP contribution is 1.96. The average Bonchev–Trinajstić information content (AvgIpc) is 2.17. The predicted molar refractivity (Wildman–Crippen MR) is 57.5 cm³/mol. The molecule has 0 saturated heterocycles. The summed E-state index contributed by atoms with van der Waals surface area (Å²) in [5.74, 6) is 0.533. The Kier molecular flexibility index (Phi) is 7.40. The van der Waals surface area contributed by atoms with E-state index < -0.39 is 6.09 Å². The molecular formula is C10H20N2O3. The van der Waals surface area contributed by atoms with Gasteiger partial charge in [0.25, 0.3) is 0 Å². The molecule has 15 heavy (non-hydrogen) atoms. The average molecular weight is 216 g/mol. The zero-order valence-electron chi connectivity index (χ0n) is 9.63. The van der Waals surface area contributed by atoms with E-state index in [0.29, 0.717) is 19.0 Å². The van der Waals surface area contributed by atoms with Crippen LogP contribution < -0.4 is 10.6 Å². The highest BCUT2D eigenvalue weighted by Gasteiger charge is 2.03. The molecule has 0 atom stereocenters. The summed E-state index contributed by atoms with van der Waals surface area (Å²) in [6.07, 6.45) is 0.744. The molecule has 0 aromatic carbocycles. The van der Waals surface area contributed by atoms with E-state index in [4.69, 9.17) is 0 Å². The number of hydrogen-bond donors (Lipinski definition) is 2. The second-order valence-electron chi connectivity index (χ2n) is 3.70. The van der Waals surface area contributed by atoms with Gasteiger partial charge >= 0.3 is 6.09 Å². The summed E-state index contributed by atoms with van der Waals surface area (Å²) in [6.45, 7) is 5.20. The van der Waals surface area contributed by atoms with Crippen molar-refractivity contribution in [2.45, 2.75) is 26.7 Å². The van der Waals surface area contributed by atoms with Crippen LogP contribution in [0.15, 0.2) is 0 Å². The van der Waals surface area contributed by atoms with E-state index in [-0.39, 0.29) is 12.3 Å². The van der Waals surface area contributed by atoms with Crippen LogP contribution in [-0.4, -0.2) is 32.2 Å². The minimum atomic E-state index is -0.509. The number of amides is 2. The highest BCUT2D eigenvalue weighted by molar-refractivity contribution is 5.76. The van der Waals surface area contributed by atoms with Gasteiger partial charge in [-0.2, -0.15) is 0 Å². The number of carbonyl (C=O) groups is 2. The van der Waals surface area contributed by atoms with Crippen molar-refractivity contribution in [1.29, 1.82) is 0 Å². The molecule has 2 N–H and O–H groups in total. The molecule has 2 amide bonds. The molecule has 0 unspecified atom stereocenters. The number of nitrogens with one attached hydrogen (secondary N) is 2. The summed E-state index contributed by atoms with van der Waals surface area (Å²) in [5.41, 5.74) is 0. The number of carbonyl (C=O) groups excluding carboxylic acids is 2. The lowest BCUT2D eigenvalue weighted by Crippen LogP contribution is -2.31. The van der Waals surface area contributed by atoms with Crippen LogP contribution in [0.4, 0.5) is 4.79 Å². The maximum atomic E-state index is 11.2. The van der Waals surface area contributed by atoms with Gasteiger partial charge in [-0.05, 0) is 12.3 Å². The third-order valence-corrected chi connectivity index (χ3v) is 1.85. The number of ether oxygens (including phenoxy) is 1. The second-order valence-corrected chi connectivity index (χ2v) is 3.70. The Morgan fingerprint density at radius 2 is 1.87 bits per heavy atom. The lowest BCUT2D eigenvalue weighted by Gasteiger charge is -2.07. The van der Waals surface area contributed by atoms with Crippen molar-refractivity contribution >= 4 is 12.0 Å². The van der Waals surface area contributed by atoms with Crippen LogP contribution in [0.3, 0.4) is 0 Å². The van der Waals surface area contributed by atoms with E-state index in [1.165, 1.54) is 7.11 Å². The summed E-state index contributed by atoms with van der Waals surface area (Å²) < 4.78 is 4.36. The Morgan fingerprint density at radius 1 is 1.20 bits per heavy atom. The van der Waals surface area contributed by atoms with Crippen LogP contribution in [0, 0.1) is 5.92 Å². The summed E-state index contributed by atoms with van der Waals surface area (Å²) >= 11 is 0. The van der Waals surface area contributed by atoms with Gasteiger partial charge in [-0.1, -0.05) is 13.8 Å². The maximum absolute atomic E-state index is 11.2. The SMILES string of the molecule is COC(=O)NCCC(=O)NCCC(C)C. The minimum Gasteiger partial charge on any atom is -0.453 e. The van der Waals surface area contributed by atoms with Crippen LogP contribution in [0.25, 0.3) is 0 Å². The van der Waals surface area contributed by atoms with Crippen LogP contribution in [-0.2, 0) is 9.53 Å². The first kappa shape index (κ1) is 13.7. The highest BCUT2D eigenvalue weighted by atomic mass is 16.5. The number of alkyl carbamates (subject to hydrolysis) is 1. The third-order valence-electron chi connectivity index (χ3n) is 1.85. The summed E-state index contributed by atoms with van der Waals surface area (Å²) in [4.78, 5) is 21.8. The molecule has 0 aliphatic heterocycles. The van der Waals surface area contributed by atoms with Crippen molar-refractivity contribution in [2.75, 3.05) is 20.2 Å². The molecule has 0 aromatic heterocycles. The summed E-state index contributed by atoms with van der Waals surface area (Å²) in [5, 5.41) is 5.22. The zero-order chi connectivity index (χ0) is 11.7. The van der Waals surface area contributed by atoms with Crippen LogP contribution in [0.2, 0.25) is 0 Å². The zero-order valence-corrected chi connectivity index (χ0v) is 9.63. The van der Waals surface area contributed by atoms with Gasteiger partial charge in [0.2, 0.25) is 5.91 Å². The summed E-state index contributed by atoms with van der Waals surface area (Å²) in [6, 6.07) is 0. The van der Waals surface area contributed by atoms with E-state index in [9.17, 15) is 9.59 Å². The first-order valence-corrected chi connectivity index (χ1v) is 5.14. The minimum absolute atomic E-state index is 0.0490. The van der Waals surface area contributed by atoms with E-state index in [1.54, 1.807) is 0 Å². The van der Waals surface area contributed by atoms with Gasteiger partial charge in [0.15, 0.2) is 0 Å². The first-order chi connectivity index (χ1) is 7.06. The molecule has 0 saturated carbocycles. The first-order valence-electron chi connectivity index (χ1n) is 5.14. The number of methoxy groups -OCH3 is 1. The fraction of sp³-hybridized carbons (Fsp3) is 0.800. The van der Waals surface area contributed by atoms with E-state index in [0.717, 1.165) is 6.42 Å². The van der Waals surface area contributed by atoms with Crippen molar-refractivity contribution in [2.24, 2.45) is 5.92 Å². The summed E-state index contributed by atoms with van der Waals surface area (Å²) in [7, 11) is 1.29. The molecule has 0 heterocycles. The van der Waals surface area contributed by atoms with Crippen molar-refractivity contribution < 1.29 is 14.3 Å². The molecule has 0 bridgehead atoms. The molecule has 0 radical (unpaired) electrons. The lowest BCUT2D eigenvalue weighted by atomic mass is 10.1. The fourth-order valence-corrected chi connectivity index (χ4v) is 0.939. The molecule has 5 heteroatoms. The van der Waals surface area contributed by atoms with E-state index in [1.807, 2.05) is 0 Å². The van der Waals surface area contributed by atoms with Gasteiger partial charge in [-0.3, -0.25) is 4.79 Å². The monoisotopic (exact) mass is 216 g/mol. The standard InChI is InChI=1S/C10H20N2O3/c1-8(2)4-6-11-9(13)5-7-12-10(14)15-3/h8H,4-7H2,1-3H3,(H,11,13)(H,12,14). The Hall–Kier alpha value is -1.26. The Balaban J connectivity index is 3.37. The lowest BCUT2D eigenvalue weighted by molar-refractivity contribution is -0.120. The van der Waals surface area contributed by atoms with Gasteiger partial charge in [-0.25, -0.2) is 4.79 Å². The predicted octanol–water partition coefficient (Wildman–Crippen LogP) is 0.895. The molecule has 5 nitrogen and oxygen atoms in total. The molecule has 0 spiro atoms. The van der Waals surface area contributed by atoms with Crippen LogP contribution in [0.1, 0.15) is 26.7 Å². The normalized spacial score (nSPS) is 9.87. The maximum Gasteiger partial charge on any atom is 0.406 e. The van der Waals surface area contributed by atoms with Crippen molar-refractivity contribution in [3.63, 3.8) is 0 Å². The van der Waals surface area contributed by atoms with Crippen LogP contribution >= 0.6 is 0 Å². The molecule has 88 valence electrons.